The van der Waals surface area contributed by atoms with Crippen molar-refractivity contribution in [2.24, 2.45) is 5.11 Å². The Morgan fingerprint density at radius 1 is 1.90 bits per heavy atom. The summed E-state index contributed by atoms with van der Waals surface area (Å²) in [5.41, 5.74) is 0. The molecule has 0 saturated heterocycles. The number of aliphatic carboxylic acids is 1. The fourth-order valence-electron chi connectivity index (χ4n) is 0.368. The van der Waals surface area contributed by atoms with E-state index in [4.69, 9.17) is 10.2 Å². The summed E-state index contributed by atoms with van der Waals surface area (Å²) in [4.78, 5) is 9.80. The van der Waals surface area contributed by atoms with Gasteiger partial charge in [-0.25, -0.2) is 0 Å². The van der Waals surface area contributed by atoms with E-state index in [0.717, 1.165) is 7.05 Å². The number of aliphatic hydroxyl groups is 1. The SMILES string of the molecule is CN=[N+]([O-])C(O)CC(=O)O. The van der Waals surface area contributed by atoms with Crippen molar-refractivity contribution in [3.63, 3.8) is 0 Å². The number of azo groups is 1. The highest BCUT2D eigenvalue weighted by atomic mass is 16.5. The maximum absolute atomic E-state index is 10.3. The molecule has 0 aliphatic rings. The van der Waals surface area contributed by atoms with Crippen molar-refractivity contribution >= 4 is 5.97 Å². The first-order valence-electron chi connectivity index (χ1n) is 2.54. The Kier molecular flexibility index (Phi) is 3.34. The molecule has 2 N–H and O–H groups in total. The highest BCUT2D eigenvalue weighted by Gasteiger charge is 2.16. The monoisotopic (exact) mass is 148 g/mol. The standard InChI is InChI=1S/C4H8N2O4/c1-5-6(10)3(7)2-4(8)9/h3,7H,2H2,1H3,(H,8,9). The molecule has 0 radical (unpaired) electrons. The molecule has 1 atom stereocenters. The van der Waals surface area contributed by atoms with Gasteiger partial charge in [0.1, 0.15) is 6.42 Å². The number of rotatable bonds is 3. The molecule has 0 aromatic rings. The van der Waals surface area contributed by atoms with Crippen LogP contribution < -0.4 is 0 Å². The van der Waals surface area contributed by atoms with Crippen LogP contribution in [0, 0.1) is 5.21 Å². The largest absolute Gasteiger partial charge is 0.598 e. The Bertz CT molecular complexity index is 155. The smallest absolute Gasteiger partial charge is 0.313 e. The van der Waals surface area contributed by atoms with Crippen LogP contribution in [-0.4, -0.2) is 34.3 Å². The summed E-state index contributed by atoms with van der Waals surface area (Å²) in [7, 11) is 1.16. The lowest BCUT2D eigenvalue weighted by Gasteiger charge is -2.03. The first-order valence-corrected chi connectivity index (χ1v) is 2.54. The average Bonchev–Trinajstić information content (AvgIpc) is 1.85. The lowest BCUT2D eigenvalue weighted by molar-refractivity contribution is -0.609. The van der Waals surface area contributed by atoms with E-state index in [0.29, 0.717) is 0 Å². The molecule has 0 heterocycles. The molecule has 0 fully saturated rings. The van der Waals surface area contributed by atoms with Gasteiger partial charge in [0, 0.05) is 0 Å². The molecule has 0 aromatic heterocycles. The van der Waals surface area contributed by atoms with Crippen LogP contribution in [0.2, 0.25) is 0 Å². The average molecular weight is 148 g/mol. The zero-order valence-corrected chi connectivity index (χ0v) is 5.39. The lowest BCUT2D eigenvalue weighted by Crippen LogP contribution is -2.22. The number of hydrogen-bond donors (Lipinski definition) is 2. The molecular formula is C4H8N2O4. The summed E-state index contributed by atoms with van der Waals surface area (Å²) in [6.45, 7) is 0. The Morgan fingerprint density at radius 3 is 2.70 bits per heavy atom. The molecular weight excluding hydrogens is 140 g/mol. The molecule has 6 heteroatoms. The quantitative estimate of drug-likeness (QED) is 0.241. The van der Waals surface area contributed by atoms with E-state index >= 15 is 0 Å². The van der Waals surface area contributed by atoms with Crippen molar-refractivity contribution in [1.29, 1.82) is 0 Å². The van der Waals surface area contributed by atoms with Crippen LogP contribution in [0.1, 0.15) is 6.42 Å². The Hall–Kier alpha value is -1.17. The Balaban J connectivity index is 3.85. The van der Waals surface area contributed by atoms with Gasteiger partial charge < -0.3 is 15.4 Å². The Morgan fingerprint density at radius 2 is 2.40 bits per heavy atom. The molecule has 6 nitrogen and oxygen atoms in total. The molecule has 0 amide bonds. The third-order valence-electron chi connectivity index (χ3n) is 0.809. The summed E-state index contributed by atoms with van der Waals surface area (Å²) in [6.07, 6.45) is -2.21. The minimum atomic E-state index is -1.58. The third-order valence-corrected chi connectivity index (χ3v) is 0.809. The van der Waals surface area contributed by atoms with Gasteiger partial charge >= 0.3 is 12.2 Å². The summed E-state index contributed by atoms with van der Waals surface area (Å²) < 4.78 is 0. The summed E-state index contributed by atoms with van der Waals surface area (Å²) in [6, 6.07) is 0. The van der Waals surface area contributed by atoms with Gasteiger partial charge in [0.2, 0.25) is 0 Å². The maximum Gasteiger partial charge on any atom is 0.313 e. The molecule has 0 bridgehead atoms. The van der Waals surface area contributed by atoms with Gasteiger partial charge in [-0.2, -0.15) is 0 Å². The highest BCUT2D eigenvalue weighted by Crippen LogP contribution is 1.92. The second-order valence-electron chi connectivity index (χ2n) is 1.58. The Labute approximate surface area is 57.0 Å². The van der Waals surface area contributed by atoms with E-state index in [1.165, 1.54) is 0 Å². The fourth-order valence-corrected chi connectivity index (χ4v) is 0.368. The molecule has 0 rings (SSSR count). The van der Waals surface area contributed by atoms with E-state index in [1.807, 2.05) is 0 Å². The summed E-state index contributed by atoms with van der Waals surface area (Å²) in [5.74, 6) is -1.24. The van der Waals surface area contributed by atoms with Gasteiger partial charge in [0.15, 0.2) is 0 Å². The van der Waals surface area contributed by atoms with Crippen molar-refractivity contribution in [3.05, 3.63) is 5.21 Å². The maximum atomic E-state index is 10.3. The predicted molar refractivity (Wildman–Crippen MR) is 30.2 cm³/mol. The molecule has 0 aliphatic carbocycles. The number of carbonyl (C=O) groups is 1. The van der Waals surface area contributed by atoms with E-state index in [-0.39, 0.29) is 4.86 Å². The van der Waals surface area contributed by atoms with Crippen LogP contribution >= 0.6 is 0 Å². The number of carboxylic acids is 1. The predicted octanol–water partition coefficient (Wildman–Crippen LogP) is -0.628. The molecule has 58 valence electrons. The topological polar surface area (TPSA) is 96.0 Å². The normalized spacial score (nSPS) is 14.8. The lowest BCUT2D eigenvalue weighted by atomic mass is 10.4. The van der Waals surface area contributed by atoms with Gasteiger partial charge in [-0.3, -0.25) is 4.79 Å². The number of nitrogens with zero attached hydrogens (tertiary/aromatic N) is 2. The minimum absolute atomic E-state index is 0.0614. The molecule has 1 unspecified atom stereocenters. The van der Waals surface area contributed by atoms with E-state index in [2.05, 4.69) is 5.11 Å². The summed E-state index contributed by atoms with van der Waals surface area (Å²) >= 11 is 0. The van der Waals surface area contributed by atoms with Crippen molar-refractivity contribution in [2.45, 2.75) is 12.6 Å². The van der Waals surface area contributed by atoms with E-state index in [9.17, 15) is 10.0 Å². The summed E-state index contributed by atoms with van der Waals surface area (Å²) in [5, 5.41) is 30.0. The molecule has 0 aliphatic heterocycles. The second kappa shape index (κ2) is 3.78. The van der Waals surface area contributed by atoms with Gasteiger partial charge in [-0.15, -0.1) is 0 Å². The van der Waals surface area contributed by atoms with Gasteiger partial charge in [0.25, 0.3) is 0 Å². The van der Waals surface area contributed by atoms with Crippen LogP contribution in [0.3, 0.4) is 0 Å². The third kappa shape index (κ3) is 2.98. The number of aliphatic hydroxyl groups excluding tert-OH is 1. The van der Waals surface area contributed by atoms with Crippen molar-refractivity contribution in [1.82, 2.24) is 0 Å². The van der Waals surface area contributed by atoms with Crippen LogP contribution in [0.4, 0.5) is 0 Å². The first-order chi connectivity index (χ1) is 4.57. The first kappa shape index (κ1) is 8.83. The minimum Gasteiger partial charge on any atom is -0.598 e. The number of carboxylic acid groups (broad SMARTS) is 1. The van der Waals surface area contributed by atoms with E-state index in [1.54, 1.807) is 0 Å². The van der Waals surface area contributed by atoms with Gasteiger partial charge in [-0.05, 0) is 5.11 Å². The zero-order valence-electron chi connectivity index (χ0n) is 5.39. The fraction of sp³-hybridized carbons (Fsp3) is 0.750. The van der Waals surface area contributed by atoms with Crippen molar-refractivity contribution in [3.8, 4) is 0 Å². The molecule has 0 spiro atoms. The van der Waals surface area contributed by atoms with Gasteiger partial charge in [-0.1, -0.05) is 4.86 Å². The van der Waals surface area contributed by atoms with Crippen LogP contribution in [0.15, 0.2) is 5.11 Å². The molecule has 10 heavy (non-hydrogen) atoms. The van der Waals surface area contributed by atoms with Crippen molar-refractivity contribution in [2.75, 3.05) is 7.05 Å². The zero-order chi connectivity index (χ0) is 8.15. The van der Waals surface area contributed by atoms with E-state index < -0.39 is 18.6 Å². The van der Waals surface area contributed by atoms with Gasteiger partial charge in [0.05, 0.1) is 7.05 Å². The molecule has 0 saturated carbocycles. The van der Waals surface area contributed by atoms with Crippen LogP contribution in [0.25, 0.3) is 0 Å². The number of hydroxylamine groups is 1. The van der Waals surface area contributed by atoms with Crippen LogP contribution in [0.5, 0.6) is 0 Å². The second-order valence-corrected chi connectivity index (χ2v) is 1.58. The van der Waals surface area contributed by atoms with Crippen molar-refractivity contribution < 1.29 is 19.9 Å². The molecule has 0 aromatic carbocycles. The number of hydrogen-bond acceptors (Lipinski definition) is 4. The highest BCUT2D eigenvalue weighted by molar-refractivity contribution is 5.66. The van der Waals surface area contributed by atoms with Crippen LogP contribution in [-0.2, 0) is 4.79 Å².